The molecule has 1 unspecified atom stereocenters. The maximum absolute atomic E-state index is 11.2. The van der Waals surface area contributed by atoms with Gasteiger partial charge in [0.1, 0.15) is 0 Å². The predicted octanol–water partition coefficient (Wildman–Crippen LogP) is 2.98. The van der Waals surface area contributed by atoms with E-state index in [1.165, 1.54) is 0 Å². The van der Waals surface area contributed by atoms with Gasteiger partial charge >= 0.3 is 5.97 Å². The van der Waals surface area contributed by atoms with Gasteiger partial charge in [-0.05, 0) is 39.9 Å². The molecule has 1 aromatic heterocycles. The maximum Gasteiger partial charge on any atom is 0.311 e. The SMILES string of the molecule is Cc1c(Br)cncc1C(C(=O)O)C(C)C. The molecule has 0 aliphatic heterocycles. The molecule has 0 aromatic carbocycles. The Morgan fingerprint density at radius 3 is 2.53 bits per heavy atom. The molecule has 3 nitrogen and oxygen atoms in total. The monoisotopic (exact) mass is 271 g/mol. The first kappa shape index (κ1) is 12.2. The Morgan fingerprint density at radius 2 is 2.07 bits per heavy atom. The van der Waals surface area contributed by atoms with Gasteiger partial charge in [0.05, 0.1) is 5.92 Å². The number of nitrogens with zero attached hydrogens (tertiary/aromatic N) is 1. The van der Waals surface area contributed by atoms with Crippen molar-refractivity contribution in [2.24, 2.45) is 5.92 Å². The quantitative estimate of drug-likeness (QED) is 0.920. The van der Waals surface area contributed by atoms with Crippen LogP contribution in [0.4, 0.5) is 0 Å². The standard InChI is InChI=1S/C11H14BrNO2/c1-6(2)10(11(14)15)8-4-13-5-9(12)7(8)3/h4-6,10H,1-3H3,(H,14,15). The average molecular weight is 272 g/mol. The van der Waals surface area contributed by atoms with Crippen LogP contribution in [0.25, 0.3) is 0 Å². The highest BCUT2D eigenvalue weighted by Crippen LogP contribution is 2.29. The van der Waals surface area contributed by atoms with Crippen LogP contribution in [-0.2, 0) is 4.79 Å². The van der Waals surface area contributed by atoms with Crippen LogP contribution >= 0.6 is 15.9 Å². The summed E-state index contributed by atoms with van der Waals surface area (Å²) in [4.78, 5) is 15.2. The van der Waals surface area contributed by atoms with E-state index in [4.69, 9.17) is 5.11 Å². The summed E-state index contributed by atoms with van der Waals surface area (Å²) in [6, 6.07) is 0. The van der Waals surface area contributed by atoms with Gasteiger partial charge in [0.2, 0.25) is 0 Å². The lowest BCUT2D eigenvalue weighted by atomic mass is 9.87. The van der Waals surface area contributed by atoms with Gasteiger partial charge < -0.3 is 5.11 Å². The van der Waals surface area contributed by atoms with E-state index >= 15 is 0 Å². The number of hydrogen-bond donors (Lipinski definition) is 1. The van der Waals surface area contributed by atoms with Gasteiger partial charge in [-0.15, -0.1) is 0 Å². The predicted molar refractivity (Wildman–Crippen MR) is 61.9 cm³/mol. The summed E-state index contributed by atoms with van der Waals surface area (Å²) in [5.74, 6) is -1.24. The van der Waals surface area contributed by atoms with Crippen LogP contribution in [-0.4, -0.2) is 16.1 Å². The highest BCUT2D eigenvalue weighted by atomic mass is 79.9. The van der Waals surface area contributed by atoms with Crippen molar-refractivity contribution >= 4 is 21.9 Å². The molecule has 82 valence electrons. The smallest absolute Gasteiger partial charge is 0.311 e. The van der Waals surface area contributed by atoms with Crippen molar-refractivity contribution in [2.75, 3.05) is 0 Å². The van der Waals surface area contributed by atoms with Gasteiger partial charge in [0.15, 0.2) is 0 Å². The third-order valence-electron chi connectivity index (χ3n) is 2.46. The molecule has 1 atom stereocenters. The van der Waals surface area contributed by atoms with E-state index in [0.717, 1.165) is 15.6 Å². The number of carboxylic acids is 1. The third-order valence-corrected chi connectivity index (χ3v) is 3.26. The molecule has 0 radical (unpaired) electrons. The van der Waals surface area contributed by atoms with Crippen LogP contribution in [0.5, 0.6) is 0 Å². The minimum absolute atomic E-state index is 0.0531. The Kier molecular flexibility index (Phi) is 3.85. The van der Waals surface area contributed by atoms with Crippen molar-refractivity contribution < 1.29 is 9.90 Å². The van der Waals surface area contributed by atoms with E-state index in [1.54, 1.807) is 12.4 Å². The van der Waals surface area contributed by atoms with Crippen molar-refractivity contribution in [3.63, 3.8) is 0 Å². The summed E-state index contributed by atoms with van der Waals surface area (Å²) in [5.41, 5.74) is 1.73. The Bertz CT molecular complexity index is 377. The molecule has 0 saturated carbocycles. The lowest BCUT2D eigenvalue weighted by Crippen LogP contribution is -2.18. The van der Waals surface area contributed by atoms with Crippen molar-refractivity contribution in [3.8, 4) is 0 Å². The molecule has 1 rings (SSSR count). The number of hydrogen-bond acceptors (Lipinski definition) is 2. The first-order valence-electron chi connectivity index (χ1n) is 4.78. The highest BCUT2D eigenvalue weighted by Gasteiger charge is 2.25. The van der Waals surface area contributed by atoms with E-state index < -0.39 is 11.9 Å². The number of halogens is 1. The zero-order valence-corrected chi connectivity index (χ0v) is 10.6. The molecule has 0 fully saturated rings. The molecule has 0 spiro atoms. The zero-order valence-electron chi connectivity index (χ0n) is 8.99. The Hall–Kier alpha value is -0.900. The van der Waals surface area contributed by atoms with Crippen LogP contribution in [0.1, 0.15) is 30.9 Å². The summed E-state index contributed by atoms with van der Waals surface area (Å²) < 4.78 is 0.854. The number of aromatic nitrogens is 1. The molecular formula is C11H14BrNO2. The fraction of sp³-hybridized carbons (Fsp3) is 0.455. The molecule has 1 heterocycles. The van der Waals surface area contributed by atoms with E-state index in [1.807, 2.05) is 20.8 Å². The van der Waals surface area contributed by atoms with Crippen LogP contribution < -0.4 is 0 Å². The lowest BCUT2D eigenvalue weighted by molar-refractivity contribution is -0.139. The molecule has 1 aromatic rings. The summed E-state index contributed by atoms with van der Waals surface area (Å²) in [5, 5.41) is 9.17. The maximum atomic E-state index is 11.2. The van der Waals surface area contributed by atoms with Gasteiger partial charge in [-0.1, -0.05) is 13.8 Å². The molecule has 0 amide bonds. The first-order valence-corrected chi connectivity index (χ1v) is 5.57. The van der Waals surface area contributed by atoms with Gasteiger partial charge in [-0.2, -0.15) is 0 Å². The second kappa shape index (κ2) is 4.75. The number of aliphatic carboxylic acids is 1. The first-order chi connectivity index (χ1) is 6.95. The number of pyridine rings is 1. The average Bonchev–Trinajstić information content (AvgIpc) is 2.11. The Morgan fingerprint density at radius 1 is 1.47 bits per heavy atom. The summed E-state index contributed by atoms with van der Waals surface area (Å²) >= 11 is 3.36. The summed E-state index contributed by atoms with van der Waals surface area (Å²) in [6.07, 6.45) is 3.32. The van der Waals surface area contributed by atoms with Crippen LogP contribution in [0.15, 0.2) is 16.9 Å². The molecule has 0 saturated heterocycles. The molecular weight excluding hydrogens is 258 g/mol. The van der Waals surface area contributed by atoms with Crippen molar-refractivity contribution in [2.45, 2.75) is 26.7 Å². The molecule has 4 heteroatoms. The largest absolute Gasteiger partial charge is 0.481 e. The molecule has 1 N–H and O–H groups in total. The lowest BCUT2D eigenvalue weighted by Gasteiger charge is -2.18. The molecule has 15 heavy (non-hydrogen) atoms. The molecule has 0 aliphatic carbocycles. The van der Waals surface area contributed by atoms with Gasteiger partial charge in [0, 0.05) is 16.9 Å². The molecule has 0 bridgehead atoms. The van der Waals surface area contributed by atoms with E-state index in [0.29, 0.717) is 0 Å². The van der Waals surface area contributed by atoms with Crippen molar-refractivity contribution in [1.82, 2.24) is 4.98 Å². The van der Waals surface area contributed by atoms with Gasteiger partial charge in [-0.3, -0.25) is 9.78 Å². The Balaban J connectivity index is 3.23. The minimum Gasteiger partial charge on any atom is -0.481 e. The normalized spacial score (nSPS) is 12.9. The van der Waals surface area contributed by atoms with E-state index in [-0.39, 0.29) is 5.92 Å². The zero-order chi connectivity index (χ0) is 11.6. The number of rotatable bonds is 3. The fourth-order valence-electron chi connectivity index (χ4n) is 1.61. The number of carbonyl (C=O) groups is 1. The van der Waals surface area contributed by atoms with Crippen molar-refractivity contribution in [1.29, 1.82) is 0 Å². The van der Waals surface area contributed by atoms with E-state index in [2.05, 4.69) is 20.9 Å². The second-order valence-electron chi connectivity index (χ2n) is 3.90. The third kappa shape index (κ3) is 2.56. The number of carboxylic acid groups (broad SMARTS) is 1. The van der Waals surface area contributed by atoms with Crippen LogP contribution in [0.2, 0.25) is 0 Å². The molecule has 0 aliphatic rings. The van der Waals surface area contributed by atoms with Crippen LogP contribution in [0, 0.1) is 12.8 Å². The second-order valence-corrected chi connectivity index (χ2v) is 4.75. The van der Waals surface area contributed by atoms with Crippen molar-refractivity contribution in [3.05, 3.63) is 28.0 Å². The topological polar surface area (TPSA) is 50.2 Å². The fourth-order valence-corrected chi connectivity index (χ4v) is 1.95. The Labute approximate surface area is 97.7 Å². The highest BCUT2D eigenvalue weighted by molar-refractivity contribution is 9.10. The van der Waals surface area contributed by atoms with Gasteiger partial charge in [0.25, 0.3) is 0 Å². The summed E-state index contributed by atoms with van der Waals surface area (Å²) in [7, 11) is 0. The van der Waals surface area contributed by atoms with Crippen LogP contribution in [0.3, 0.4) is 0 Å². The van der Waals surface area contributed by atoms with Gasteiger partial charge in [-0.25, -0.2) is 0 Å². The minimum atomic E-state index is -0.798. The summed E-state index contributed by atoms with van der Waals surface area (Å²) in [6.45, 7) is 5.71. The van der Waals surface area contributed by atoms with E-state index in [9.17, 15) is 4.79 Å².